The minimum atomic E-state index is -0.427. The van der Waals surface area contributed by atoms with E-state index in [0.29, 0.717) is 35.6 Å². The van der Waals surface area contributed by atoms with Crippen molar-refractivity contribution >= 4 is 34.8 Å². The summed E-state index contributed by atoms with van der Waals surface area (Å²) in [5.41, 5.74) is 2.70. The molecular formula is C22H21ClFN5O2. The predicted molar refractivity (Wildman–Crippen MR) is 119 cm³/mol. The third-order valence-corrected chi connectivity index (χ3v) is 5.24. The van der Waals surface area contributed by atoms with E-state index < -0.39 is 6.03 Å². The Bertz CT molecular complexity index is 1070. The number of carbonyl (C=O) groups excluding carboxylic acids is 1. The number of hydrogen-bond donors (Lipinski definition) is 2. The number of halogens is 2. The van der Waals surface area contributed by atoms with Crippen molar-refractivity contribution in [3.05, 3.63) is 65.1 Å². The summed E-state index contributed by atoms with van der Waals surface area (Å²) in [6, 6.07) is 12.3. The van der Waals surface area contributed by atoms with Crippen molar-refractivity contribution in [1.29, 1.82) is 0 Å². The van der Waals surface area contributed by atoms with Gasteiger partial charge in [-0.3, -0.25) is 0 Å². The number of aromatic nitrogens is 2. The summed E-state index contributed by atoms with van der Waals surface area (Å²) in [7, 11) is 0. The molecule has 4 rings (SSSR count). The number of hydrogen-bond acceptors (Lipinski definition) is 5. The highest BCUT2D eigenvalue weighted by Gasteiger charge is 2.19. The van der Waals surface area contributed by atoms with Crippen LogP contribution in [0.15, 0.2) is 48.5 Å². The van der Waals surface area contributed by atoms with Crippen LogP contribution in [0, 0.1) is 12.7 Å². The number of amides is 2. The molecule has 2 amide bonds. The van der Waals surface area contributed by atoms with E-state index in [2.05, 4.69) is 20.5 Å². The van der Waals surface area contributed by atoms with E-state index in [1.54, 1.807) is 12.1 Å². The van der Waals surface area contributed by atoms with Gasteiger partial charge < -0.3 is 20.3 Å². The summed E-state index contributed by atoms with van der Waals surface area (Å²) in [6.45, 7) is 4.70. The fraction of sp³-hybridized carbons (Fsp3) is 0.227. The van der Waals surface area contributed by atoms with Crippen molar-refractivity contribution in [2.45, 2.75) is 6.92 Å². The van der Waals surface area contributed by atoms with Crippen molar-refractivity contribution in [1.82, 2.24) is 9.97 Å². The summed E-state index contributed by atoms with van der Waals surface area (Å²) in [6.07, 6.45) is 0. The van der Waals surface area contributed by atoms with E-state index in [-0.39, 0.29) is 5.82 Å². The van der Waals surface area contributed by atoms with Crippen LogP contribution in [0.1, 0.15) is 5.56 Å². The standard InChI is InChI=1S/C22H21ClFN5O2/c1-14-19(23)27-20(28-21(14)29-10-12-31-13-11-29)15-2-6-17(7-3-15)25-22(30)26-18-8-4-16(24)5-9-18/h2-9H,10-13H2,1H3,(H2,25,26,30). The first-order valence-corrected chi connectivity index (χ1v) is 10.2. The number of rotatable bonds is 4. The number of nitrogens with zero attached hydrogens (tertiary/aromatic N) is 3. The van der Waals surface area contributed by atoms with Crippen LogP contribution in [-0.2, 0) is 4.74 Å². The van der Waals surface area contributed by atoms with Crippen molar-refractivity contribution in [2.75, 3.05) is 41.8 Å². The molecule has 2 aromatic carbocycles. The smallest absolute Gasteiger partial charge is 0.323 e. The average molecular weight is 442 g/mol. The van der Waals surface area contributed by atoms with Crippen LogP contribution in [0.2, 0.25) is 5.15 Å². The topological polar surface area (TPSA) is 79.4 Å². The van der Waals surface area contributed by atoms with Crippen LogP contribution in [0.25, 0.3) is 11.4 Å². The van der Waals surface area contributed by atoms with Gasteiger partial charge in [0.15, 0.2) is 5.82 Å². The maximum atomic E-state index is 13.0. The van der Waals surface area contributed by atoms with E-state index in [0.717, 1.165) is 30.0 Å². The van der Waals surface area contributed by atoms with Crippen molar-refractivity contribution in [3.63, 3.8) is 0 Å². The van der Waals surface area contributed by atoms with Gasteiger partial charge in [0, 0.05) is 35.6 Å². The third kappa shape index (κ3) is 5.10. The molecule has 1 saturated heterocycles. The number of benzene rings is 2. The SMILES string of the molecule is Cc1c(Cl)nc(-c2ccc(NC(=O)Nc3ccc(F)cc3)cc2)nc1N1CCOCC1. The van der Waals surface area contributed by atoms with Gasteiger partial charge in [0.1, 0.15) is 16.8 Å². The fourth-order valence-electron chi connectivity index (χ4n) is 3.22. The van der Waals surface area contributed by atoms with Gasteiger partial charge in [-0.15, -0.1) is 0 Å². The van der Waals surface area contributed by atoms with E-state index >= 15 is 0 Å². The first-order valence-electron chi connectivity index (χ1n) is 9.80. The molecule has 9 heteroatoms. The summed E-state index contributed by atoms with van der Waals surface area (Å²) >= 11 is 6.38. The molecule has 0 radical (unpaired) electrons. The van der Waals surface area contributed by atoms with Crippen molar-refractivity contribution in [3.8, 4) is 11.4 Å². The van der Waals surface area contributed by atoms with E-state index in [1.165, 1.54) is 24.3 Å². The lowest BCUT2D eigenvalue weighted by Gasteiger charge is -2.29. The van der Waals surface area contributed by atoms with Gasteiger partial charge in [0.2, 0.25) is 0 Å². The molecule has 2 heterocycles. The van der Waals surface area contributed by atoms with Gasteiger partial charge in [-0.05, 0) is 55.5 Å². The quantitative estimate of drug-likeness (QED) is 0.572. The molecule has 0 unspecified atom stereocenters. The zero-order valence-electron chi connectivity index (χ0n) is 16.9. The first-order chi connectivity index (χ1) is 15.0. The number of morpholine rings is 1. The summed E-state index contributed by atoms with van der Waals surface area (Å²) in [5, 5.41) is 5.79. The molecule has 0 bridgehead atoms. The van der Waals surface area contributed by atoms with Crippen LogP contribution in [0.5, 0.6) is 0 Å². The zero-order valence-corrected chi connectivity index (χ0v) is 17.6. The Morgan fingerprint density at radius 1 is 1.00 bits per heavy atom. The number of ether oxygens (including phenoxy) is 1. The lowest BCUT2D eigenvalue weighted by molar-refractivity contribution is 0.122. The van der Waals surface area contributed by atoms with E-state index in [1.807, 2.05) is 19.1 Å². The minimum absolute atomic E-state index is 0.364. The van der Waals surface area contributed by atoms with Crippen LogP contribution in [0.4, 0.5) is 26.4 Å². The molecular weight excluding hydrogens is 421 g/mol. The number of urea groups is 1. The highest BCUT2D eigenvalue weighted by Crippen LogP contribution is 2.28. The van der Waals surface area contributed by atoms with Crippen LogP contribution >= 0.6 is 11.6 Å². The molecule has 0 saturated carbocycles. The second kappa shape index (κ2) is 9.28. The van der Waals surface area contributed by atoms with Crippen molar-refractivity contribution < 1.29 is 13.9 Å². The van der Waals surface area contributed by atoms with Crippen LogP contribution < -0.4 is 15.5 Å². The van der Waals surface area contributed by atoms with Gasteiger partial charge in [0.05, 0.1) is 13.2 Å². The molecule has 3 aromatic rings. The molecule has 1 aliphatic heterocycles. The molecule has 0 spiro atoms. The summed E-state index contributed by atoms with van der Waals surface area (Å²) in [5.74, 6) is 0.954. The maximum Gasteiger partial charge on any atom is 0.323 e. The fourth-order valence-corrected chi connectivity index (χ4v) is 3.38. The molecule has 7 nitrogen and oxygen atoms in total. The first kappa shape index (κ1) is 21.0. The Kier molecular flexibility index (Phi) is 6.29. The Balaban J connectivity index is 1.48. The zero-order chi connectivity index (χ0) is 21.8. The third-order valence-electron chi connectivity index (χ3n) is 4.87. The predicted octanol–water partition coefficient (Wildman–Crippen LogP) is 4.73. The molecule has 160 valence electrons. The Hall–Kier alpha value is -3.23. The number of anilines is 3. The Labute approximate surface area is 184 Å². The maximum absolute atomic E-state index is 13.0. The Morgan fingerprint density at radius 2 is 1.58 bits per heavy atom. The molecule has 31 heavy (non-hydrogen) atoms. The second-order valence-corrected chi connectivity index (χ2v) is 7.41. The lowest BCUT2D eigenvalue weighted by Crippen LogP contribution is -2.37. The van der Waals surface area contributed by atoms with Gasteiger partial charge in [0.25, 0.3) is 0 Å². The largest absolute Gasteiger partial charge is 0.378 e. The molecule has 1 fully saturated rings. The van der Waals surface area contributed by atoms with Crippen LogP contribution in [0.3, 0.4) is 0 Å². The molecule has 0 aliphatic carbocycles. The van der Waals surface area contributed by atoms with Crippen molar-refractivity contribution in [2.24, 2.45) is 0 Å². The molecule has 2 N–H and O–H groups in total. The van der Waals surface area contributed by atoms with Gasteiger partial charge in [-0.25, -0.2) is 19.2 Å². The number of carbonyl (C=O) groups is 1. The summed E-state index contributed by atoms with van der Waals surface area (Å²) < 4.78 is 18.4. The monoisotopic (exact) mass is 441 g/mol. The number of nitrogens with one attached hydrogen (secondary N) is 2. The minimum Gasteiger partial charge on any atom is -0.378 e. The average Bonchev–Trinajstić information content (AvgIpc) is 2.78. The Morgan fingerprint density at radius 3 is 2.19 bits per heavy atom. The lowest BCUT2D eigenvalue weighted by atomic mass is 10.2. The van der Waals surface area contributed by atoms with Gasteiger partial charge >= 0.3 is 6.03 Å². The summed E-state index contributed by atoms with van der Waals surface area (Å²) in [4.78, 5) is 23.4. The molecule has 1 aliphatic rings. The highest BCUT2D eigenvalue weighted by atomic mass is 35.5. The molecule has 0 atom stereocenters. The molecule has 1 aromatic heterocycles. The second-order valence-electron chi connectivity index (χ2n) is 7.05. The normalized spacial score (nSPS) is 13.7. The highest BCUT2D eigenvalue weighted by molar-refractivity contribution is 6.30. The van der Waals surface area contributed by atoms with E-state index in [9.17, 15) is 9.18 Å². The van der Waals surface area contributed by atoms with Gasteiger partial charge in [-0.2, -0.15) is 0 Å². The van der Waals surface area contributed by atoms with Gasteiger partial charge in [-0.1, -0.05) is 11.6 Å². The van der Waals surface area contributed by atoms with E-state index in [4.69, 9.17) is 21.3 Å². The van der Waals surface area contributed by atoms with Crippen LogP contribution in [-0.4, -0.2) is 42.3 Å².